The van der Waals surface area contributed by atoms with Gasteiger partial charge in [-0.15, -0.1) is 0 Å². The number of pyridine rings is 1. The highest BCUT2D eigenvalue weighted by Gasteiger charge is 2.13. The van der Waals surface area contributed by atoms with Gasteiger partial charge in [-0.05, 0) is 42.5 Å². The van der Waals surface area contributed by atoms with Crippen LogP contribution in [0.25, 0.3) is 22.8 Å². The summed E-state index contributed by atoms with van der Waals surface area (Å²) in [6.07, 6.45) is 1.48. The number of benzene rings is 2. The fourth-order valence-electron chi connectivity index (χ4n) is 2.76. The van der Waals surface area contributed by atoms with Crippen LogP contribution in [0, 0.1) is 5.82 Å². The maximum absolute atomic E-state index is 13.0. The maximum Gasteiger partial charge on any atom is 0.259 e. The number of nitrogens with one attached hydrogen (secondary N) is 1. The minimum atomic E-state index is -0.429. The number of hydrogen-bond donors (Lipinski definition) is 1. The van der Waals surface area contributed by atoms with Crippen LogP contribution in [0.1, 0.15) is 0 Å². The lowest BCUT2D eigenvalue weighted by molar-refractivity contribution is -0.116. The van der Waals surface area contributed by atoms with Crippen molar-refractivity contribution in [2.45, 2.75) is 6.54 Å². The minimum Gasteiger partial charge on any atom is -0.334 e. The molecule has 0 radical (unpaired) electrons. The highest BCUT2D eigenvalue weighted by Crippen LogP contribution is 2.23. The number of carbonyl (C=O) groups excluding carboxylic acids is 1. The van der Waals surface area contributed by atoms with Crippen LogP contribution in [0.4, 0.5) is 10.1 Å². The Hall–Kier alpha value is -3.59. The SMILES string of the molecule is O=C(Cn1cc(-c2nc(-c3cccc(Br)c3)no2)ccc1=O)Nc1ccc(F)cc1. The van der Waals surface area contributed by atoms with Crippen LogP contribution in [0.3, 0.4) is 0 Å². The van der Waals surface area contributed by atoms with Gasteiger partial charge in [0.1, 0.15) is 12.4 Å². The van der Waals surface area contributed by atoms with Crippen LogP contribution in [0.15, 0.2) is 80.7 Å². The molecule has 0 unspecified atom stereocenters. The zero-order valence-electron chi connectivity index (χ0n) is 15.4. The molecule has 0 atom stereocenters. The number of hydrogen-bond acceptors (Lipinski definition) is 5. The summed E-state index contributed by atoms with van der Waals surface area (Å²) < 4.78 is 20.4. The smallest absolute Gasteiger partial charge is 0.259 e. The van der Waals surface area contributed by atoms with E-state index in [-0.39, 0.29) is 18.0 Å². The van der Waals surface area contributed by atoms with Gasteiger partial charge < -0.3 is 14.4 Å². The first-order valence-corrected chi connectivity index (χ1v) is 9.63. The second kappa shape index (κ2) is 8.42. The Morgan fingerprint density at radius 2 is 1.90 bits per heavy atom. The van der Waals surface area contributed by atoms with E-state index in [0.29, 0.717) is 17.1 Å². The van der Waals surface area contributed by atoms with Gasteiger partial charge in [-0.2, -0.15) is 4.98 Å². The van der Waals surface area contributed by atoms with E-state index in [1.807, 2.05) is 24.3 Å². The van der Waals surface area contributed by atoms with E-state index < -0.39 is 11.7 Å². The molecule has 0 fully saturated rings. The van der Waals surface area contributed by atoms with Crippen LogP contribution in [0.5, 0.6) is 0 Å². The van der Waals surface area contributed by atoms with Gasteiger partial charge in [-0.25, -0.2) is 4.39 Å². The van der Waals surface area contributed by atoms with Crippen molar-refractivity contribution in [3.8, 4) is 22.8 Å². The predicted molar refractivity (Wildman–Crippen MR) is 112 cm³/mol. The van der Waals surface area contributed by atoms with E-state index in [4.69, 9.17) is 4.52 Å². The Morgan fingerprint density at radius 1 is 1.10 bits per heavy atom. The standard InChI is InChI=1S/C21H14BrFN4O3/c22-15-3-1-2-13(10-15)20-25-21(30-26-20)14-4-9-19(29)27(11-14)12-18(28)24-17-7-5-16(23)6-8-17/h1-11H,12H2,(H,24,28). The molecule has 9 heteroatoms. The van der Waals surface area contributed by atoms with Crippen LogP contribution in [0.2, 0.25) is 0 Å². The second-order valence-electron chi connectivity index (χ2n) is 6.37. The molecule has 0 aliphatic heterocycles. The molecule has 0 aliphatic carbocycles. The molecule has 0 spiro atoms. The lowest BCUT2D eigenvalue weighted by Gasteiger charge is -2.08. The molecular weight excluding hydrogens is 455 g/mol. The number of nitrogens with zero attached hydrogens (tertiary/aromatic N) is 3. The third kappa shape index (κ3) is 4.52. The van der Waals surface area contributed by atoms with E-state index in [1.54, 1.807) is 6.07 Å². The Kier molecular flexibility index (Phi) is 5.53. The molecule has 150 valence electrons. The first-order valence-electron chi connectivity index (χ1n) is 8.84. The highest BCUT2D eigenvalue weighted by molar-refractivity contribution is 9.10. The molecule has 4 aromatic rings. The maximum atomic E-state index is 13.0. The Bertz CT molecular complexity index is 1270. The lowest BCUT2D eigenvalue weighted by Crippen LogP contribution is -2.26. The van der Waals surface area contributed by atoms with Gasteiger partial charge in [0.15, 0.2) is 0 Å². The van der Waals surface area contributed by atoms with Crippen molar-refractivity contribution < 1.29 is 13.7 Å². The van der Waals surface area contributed by atoms with Gasteiger partial charge in [0.05, 0.1) is 5.56 Å². The molecular formula is C21H14BrFN4O3. The molecule has 2 aromatic heterocycles. The first-order chi connectivity index (χ1) is 14.5. The zero-order valence-corrected chi connectivity index (χ0v) is 17.0. The zero-order chi connectivity index (χ0) is 21.1. The van der Waals surface area contributed by atoms with Crippen molar-refractivity contribution in [2.75, 3.05) is 5.32 Å². The fourth-order valence-corrected chi connectivity index (χ4v) is 3.15. The summed E-state index contributed by atoms with van der Waals surface area (Å²) in [4.78, 5) is 28.8. The minimum absolute atomic E-state index is 0.220. The molecule has 2 aromatic carbocycles. The third-order valence-electron chi connectivity index (χ3n) is 4.18. The summed E-state index contributed by atoms with van der Waals surface area (Å²) >= 11 is 3.40. The van der Waals surface area contributed by atoms with Crippen molar-refractivity contribution in [1.29, 1.82) is 0 Å². The quantitative estimate of drug-likeness (QED) is 0.475. The van der Waals surface area contributed by atoms with E-state index in [1.165, 1.54) is 41.1 Å². The van der Waals surface area contributed by atoms with Crippen LogP contribution < -0.4 is 10.9 Å². The number of carbonyl (C=O) groups is 1. The molecule has 7 nitrogen and oxygen atoms in total. The van der Waals surface area contributed by atoms with E-state index in [0.717, 1.165) is 10.0 Å². The second-order valence-corrected chi connectivity index (χ2v) is 7.29. The Labute approximate surface area is 178 Å². The molecule has 4 rings (SSSR count). The number of amides is 1. The lowest BCUT2D eigenvalue weighted by atomic mass is 10.2. The van der Waals surface area contributed by atoms with Crippen LogP contribution >= 0.6 is 15.9 Å². The normalized spacial score (nSPS) is 10.7. The number of aromatic nitrogens is 3. The van der Waals surface area contributed by atoms with Crippen LogP contribution in [-0.4, -0.2) is 20.6 Å². The average molecular weight is 469 g/mol. The van der Waals surface area contributed by atoms with E-state index in [9.17, 15) is 14.0 Å². The Morgan fingerprint density at radius 3 is 2.67 bits per heavy atom. The van der Waals surface area contributed by atoms with Gasteiger partial charge in [-0.1, -0.05) is 33.2 Å². The van der Waals surface area contributed by atoms with E-state index >= 15 is 0 Å². The van der Waals surface area contributed by atoms with Crippen molar-refractivity contribution in [2.24, 2.45) is 0 Å². The molecule has 0 saturated carbocycles. The predicted octanol–water partition coefficient (Wildman–Crippen LogP) is 4.11. The monoisotopic (exact) mass is 468 g/mol. The summed E-state index contributed by atoms with van der Waals surface area (Å²) in [5.74, 6) is -0.212. The van der Waals surface area contributed by atoms with Gasteiger partial charge in [0, 0.05) is 28.0 Å². The van der Waals surface area contributed by atoms with Gasteiger partial charge in [0.25, 0.3) is 11.4 Å². The average Bonchev–Trinajstić information content (AvgIpc) is 3.22. The van der Waals surface area contributed by atoms with Crippen molar-refractivity contribution in [3.63, 3.8) is 0 Å². The Balaban J connectivity index is 1.54. The van der Waals surface area contributed by atoms with Crippen molar-refractivity contribution >= 4 is 27.5 Å². The molecule has 0 saturated heterocycles. The molecule has 1 N–H and O–H groups in total. The summed E-state index contributed by atoms with van der Waals surface area (Å²) in [5.41, 5.74) is 1.34. The number of anilines is 1. The summed E-state index contributed by atoms with van der Waals surface area (Å²) in [6.45, 7) is -0.226. The first kappa shape index (κ1) is 19.7. The van der Waals surface area contributed by atoms with Gasteiger partial charge >= 0.3 is 0 Å². The van der Waals surface area contributed by atoms with Crippen molar-refractivity contribution in [3.05, 3.63) is 87.5 Å². The fraction of sp³-hybridized carbons (Fsp3) is 0.0476. The molecule has 2 heterocycles. The summed E-state index contributed by atoms with van der Waals surface area (Å²) in [7, 11) is 0. The summed E-state index contributed by atoms with van der Waals surface area (Å²) in [6, 6.07) is 15.7. The molecule has 0 aliphatic rings. The topological polar surface area (TPSA) is 90.0 Å². The van der Waals surface area contributed by atoms with E-state index in [2.05, 4.69) is 31.4 Å². The van der Waals surface area contributed by atoms with Gasteiger partial charge in [-0.3, -0.25) is 9.59 Å². The third-order valence-corrected chi connectivity index (χ3v) is 4.67. The number of rotatable bonds is 5. The molecule has 1 amide bonds. The highest BCUT2D eigenvalue weighted by atomic mass is 79.9. The largest absolute Gasteiger partial charge is 0.334 e. The molecule has 0 bridgehead atoms. The van der Waals surface area contributed by atoms with Gasteiger partial charge in [0.2, 0.25) is 11.7 Å². The van der Waals surface area contributed by atoms with Crippen molar-refractivity contribution in [1.82, 2.24) is 14.7 Å². The summed E-state index contributed by atoms with van der Waals surface area (Å²) in [5, 5.41) is 6.59. The number of halogens is 2. The molecule has 30 heavy (non-hydrogen) atoms. The van der Waals surface area contributed by atoms with Crippen LogP contribution in [-0.2, 0) is 11.3 Å².